The number of aryl methyl sites for hydroxylation is 1. The van der Waals surface area contributed by atoms with Crippen LogP contribution in [-0.2, 0) is 15.7 Å². The topological polar surface area (TPSA) is 67.8 Å². The summed E-state index contributed by atoms with van der Waals surface area (Å²) in [4.78, 5) is 11.4. The van der Waals surface area contributed by atoms with Gasteiger partial charge < -0.3 is 24.1 Å². The molecule has 0 aliphatic rings. The molecule has 0 aromatic heterocycles. The van der Waals surface area contributed by atoms with Gasteiger partial charge in [-0.1, -0.05) is 0 Å². The first-order chi connectivity index (χ1) is 14.2. The molecule has 0 aliphatic heterocycles. The van der Waals surface area contributed by atoms with Gasteiger partial charge in [0, 0.05) is 17.3 Å². The average molecular weight is 466 g/mol. The minimum atomic E-state index is -4.38. The number of alkyl halides is 3. The molecule has 2 aromatic rings. The Kier molecular flexibility index (Phi) is 11.8. The van der Waals surface area contributed by atoms with Crippen molar-refractivity contribution < 1.29 is 66.8 Å². The third kappa shape index (κ3) is 9.74. The van der Waals surface area contributed by atoms with Crippen LogP contribution in [0.3, 0.4) is 0 Å². The summed E-state index contributed by atoms with van der Waals surface area (Å²) in [6, 6.07) is 9.90. The van der Waals surface area contributed by atoms with Gasteiger partial charge in [0.25, 0.3) is 0 Å². The fraction of sp³-hybridized carbons (Fsp3) is 0.381. The van der Waals surface area contributed by atoms with Crippen LogP contribution in [0.2, 0.25) is 0 Å². The van der Waals surface area contributed by atoms with Gasteiger partial charge in [-0.2, -0.15) is 13.2 Å². The molecule has 0 aliphatic carbocycles. The predicted molar refractivity (Wildman–Crippen MR) is 105 cm³/mol. The van der Waals surface area contributed by atoms with Crippen molar-refractivity contribution in [1.82, 2.24) is 0 Å². The fourth-order valence-corrected chi connectivity index (χ4v) is 3.50. The summed E-state index contributed by atoms with van der Waals surface area (Å²) in [5.41, 5.74) is 0.0596. The molecule has 0 spiro atoms. The van der Waals surface area contributed by atoms with Crippen LogP contribution >= 0.6 is 11.8 Å². The van der Waals surface area contributed by atoms with Crippen LogP contribution in [-0.4, -0.2) is 37.6 Å². The van der Waals surface area contributed by atoms with E-state index in [0.29, 0.717) is 23.9 Å². The molecule has 0 bridgehead atoms. The second kappa shape index (κ2) is 13.2. The van der Waals surface area contributed by atoms with Crippen molar-refractivity contribution in [1.29, 1.82) is 0 Å². The number of thioether (sulfide) groups is 1. The molecule has 1 unspecified atom stereocenters. The summed E-state index contributed by atoms with van der Waals surface area (Å²) in [7, 11) is 0. The number of rotatable bonds is 11. The van der Waals surface area contributed by atoms with E-state index < -0.39 is 24.3 Å². The Morgan fingerprint density at radius 3 is 2.35 bits per heavy atom. The second-order valence-corrected chi connectivity index (χ2v) is 7.40. The number of carboxylic acids is 1. The number of benzene rings is 2. The number of carbonyl (C=O) groups is 1. The van der Waals surface area contributed by atoms with Crippen LogP contribution < -0.4 is 44.1 Å². The zero-order valence-corrected chi connectivity index (χ0v) is 20.3. The van der Waals surface area contributed by atoms with E-state index in [0.717, 1.165) is 22.6 Å². The molecule has 0 heterocycles. The van der Waals surface area contributed by atoms with Crippen LogP contribution in [0.5, 0.6) is 11.5 Å². The summed E-state index contributed by atoms with van der Waals surface area (Å²) in [5, 5.41) is 10.5. The van der Waals surface area contributed by atoms with E-state index in [9.17, 15) is 23.1 Å². The summed E-state index contributed by atoms with van der Waals surface area (Å²) >= 11 is 1.52. The molecule has 1 atom stereocenters. The maximum atomic E-state index is 12.6. The number of halogens is 3. The van der Waals surface area contributed by atoms with E-state index in [1.165, 1.54) is 23.9 Å². The quantitative estimate of drug-likeness (QED) is 0.359. The molecule has 0 saturated carbocycles. The van der Waals surface area contributed by atoms with Crippen molar-refractivity contribution in [2.45, 2.75) is 31.0 Å². The Morgan fingerprint density at radius 2 is 1.81 bits per heavy atom. The zero-order valence-electron chi connectivity index (χ0n) is 17.5. The van der Waals surface area contributed by atoms with Gasteiger partial charge in [0.1, 0.15) is 30.8 Å². The van der Waals surface area contributed by atoms with E-state index in [1.54, 1.807) is 6.07 Å². The minimum Gasteiger partial charge on any atom is -0.546 e. The molecule has 0 fully saturated rings. The van der Waals surface area contributed by atoms with Crippen molar-refractivity contribution in [3.05, 3.63) is 53.6 Å². The first kappa shape index (κ1) is 27.6. The molecule has 0 N–H and O–H groups in total. The molecular weight excluding hydrogens is 444 g/mol. The van der Waals surface area contributed by atoms with Crippen molar-refractivity contribution >= 4 is 17.7 Å². The normalized spacial score (nSPS) is 12.0. The van der Waals surface area contributed by atoms with E-state index in [1.807, 2.05) is 26.0 Å². The molecule has 10 heteroatoms. The minimum absolute atomic E-state index is 0. The Morgan fingerprint density at radius 1 is 1.13 bits per heavy atom. The van der Waals surface area contributed by atoms with Gasteiger partial charge in [-0.15, -0.1) is 11.8 Å². The summed E-state index contributed by atoms with van der Waals surface area (Å²) in [6.07, 6.45) is -4.65. The third-order valence-electron chi connectivity index (χ3n) is 3.95. The molecule has 0 saturated heterocycles. The predicted octanol–water partition coefficient (Wildman–Crippen LogP) is 0.723. The number of hydrogen-bond donors (Lipinski definition) is 0. The van der Waals surface area contributed by atoms with Crippen molar-refractivity contribution in [3.8, 4) is 11.5 Å². The Bertz CT molecular complexity index is 831. The Hall–Kier alpha value is -1.39. The molecular formula is C21H22F3NaO5S. The van der Waals surface area contributed by atoms with Crippen LogP contribution in [0.25, 0.3) is 0 Å². The molecule has 0 radical (unpaired) electrons. The molecule has 0 amide bonds. The van der Waals surface area contributed by atoms with Gasteiger partial charge in [-0.3, -0.25) is 0 Å². The standard InChI is InChI=1S/C21H23F3O5S.Na/c1-3-27-17(11-28-16-6-4-15(5-7-16)21(22,23)24)13-30-18-8-9-19(14(2)10-18)29-12-20(25)26;/h4-10,17H,3,11-13H2,1-2H3,(H,25,26);/q;+1/p-1. The number of aliphatic carboxylic acids is 1. The van der Waals surface area contributed by atoms with Gasteiger partial charge in [0.2, 0.25) is 0 Å². The van der Waals surface area contributed by atoms with Gasteiger partial charge in [0.15, 0.2) is 0 Å². The van der Waals surface area contributed by atoms with Crippen LogP contribution in [0.15, 0.2) is 47.4 Å². The Labute approximate surface area is 205 Å². The third-order valence-corrected chi connectivity index (χ3v) is 5.07. The van der Waals surface area contributed by atoms with Crippen LogP contribution in [0.1, 0.15) is 18.1 Å². The monoisotopic (exact) mass is 466 g/mol. The fourth-order valence-electron chi connectivity index (χ4n) is 2.51. The number of carbonyl (C=O) groups excluding carboxylic acids is 1. The largest absolute Gasteiger partial charge is 1.00 e. The first-order valence-electron chi connectivity index (χ1n) is 9.16. The van der Waals surface area contributed by atoms with Gasteiger partial charge in [-0.25, -0.2) is 0 Å². The molecule has 2 aromatic carbocycles. The maximum Gasteiger partial charge on any atom is 1.00 e. The Balaban J connectivity index is 0.00000480. The molecule has 164 valence electrons. The first-order valence-corrected chi connectivity index (χ1v) is 10.2. The SMILES string of the molecule is CCOC(COc1ccc(C(F)(F)F)cc1)CSc1ccc(OCC(=O)[O-])c(C)c1.[Na+]. The van der Waals surface area contributed by atoms with Crippen molar-refractivity contribution in [2.75, 3.05) is 25.6 Å². The summed E-state index contributed by atoms with van der Waals surface area (Å²) in [6.45, 7) is 3.81. The van der Waals surface area contributed by atoms with E-state index in [4.69, 9.17) is 14.2 Å². The van der Waals surface area contributed by atoms with Gasteiger partial charge in [-0.05, 0) is 61.9 Å². The van der Waals surface area contributed by atoms with Crippen LogP contribution in [0.4, 0.5) is 13.2 Å². The number of carboxylic acid groups (broad SMARTS) is 1. The number of ether oxygens (including phenoxy) is 3. The summed E-state index contributed by atoms with van der Waals surface area (Å²) in [5.74, 6) is 0.0756. The van der Waals surface area contributed by atoms with E-state index in [2.05, 4.69) is 0 Å². The van der Waals surface area contributed by atoms with E-state index >= 15 is 0 Å². The summed E-state index contributed by atoms with van der Waals surface area (Å²) < 4.78 is 54.3. The zero-order chi connectivity index (χ0) is 22.1. The molecule has 2 rings (SSSR count). The number of hydrogen-bond acceptors (Lipinski definition) is 6. The second-order valence-electron chi connectivity index (χ2n) is 6.31. The van der Waals surface area contributed by atoms with Crippen molar-refractivity contribution in [2.24, 2.45) is 0 Å². The molecule has 31 heavy (non-hydrogen) atoms. The van der Waals surface area contributed by atoms with Crippen molar-refractivity contribution in [3.63, 3.8) is 0 Å². The van der Waals surface area contributed by atoms with Crippen LogP contribution in [0, 0.1) is 6.92 Å². The maximum absolute atomic E-state index is 12.6. The van der Waals surface area contributed by atoms with E-state index in [-0.39, 0.29) is 42.3 Å². The smallest absolute Gasteiger partial charge is 0.546 e. The average Bonchev–Trinajstić information content (AvgIpc) is 2.69. The molecule has 5 nitrogen and oxygen atoms in total. The van der Waals surface area contributed by atoms with Gasteiger partial charge >= 0.3 is 35.7 Å². The van der Waals surface area contributed by atoms with Gasteiger partial charge in [0.05, 0.1) is 11.5 Å².